The van der Waals surface area contributed by atoms with Gasteiger partial charge in [-0.2, -0.15) is 0 Å². The van der Waals surface area contributed by atoms with Crippen LogP contribution >= 0.6 is 12.2 Å². The van der Waals surface area contributed by atoms with Crippen molar-refractivity contribution in [2.45, 2.75) is 20.0 Å². The van der Waals surface area contributed by atoms with Crippen molar-refractivity contribution < 1.29 is 0 Å². The molecule has 1 aromatic carbocycles. The Morgan fingerprint density at radius 3 is 3.00 bits per heavy atom. The number of aryl methyl sites for hydroxylation is 3. The van der Waals surface area contributed by atoms with Gasteiger partial charge in [-0.25, -0.2) is 0 Å². The second-order valence-corrected chi connectivity index (χ2v) is 4.66. The Hall–Kier alpha value is -1.95. The number of hydrogen-bond donors (Lipinski definition) is 1. The quantitative estimate of drug-likeness (QED) is 0.734. The van der Waals surface area contributed by atoms with Crippen molar-refractivity contribution in [1.29, 1.82) is 0 Å². The van der Waals surface area contributed by atoms with Crippen LogP contribution in [0.5, 0.6) is 0 Å². The molecule has 0 aliphatic carbocycles. The van der Waals surface area contributed by atoms with Crippen LogP contribution in [0.1, 0.15) is 5.56 Å². The van der Waals surface area contributed by atoms with Crippen molar-refractivity contribution in [3.05, 3.63) is 40.9 Å². The normalized spacial score (nSPS) is 11.2. The minimum atomic E-state index is 0.746. The second-order valence-electron chi connectivity index (χ2n) is 4.27. The van der Waals surface area contributed by atoms with Gasteiger partial charge in [0.1, 0.15) is 0 Å². The molecule has 0 unspecified atom stereocenters. The van der Waals surface area contributed by atoms with Crippen LogP contribution in [0.3, 0.4) is 0 Å². The highest BCUT2D eigenvalue weighted by molar-refractivity contribution is 7.71. The molecule has 0 spiro atoms. The molecule has 92 valence electrons. The van der Waals surface area contributed by atoms with Gasteiger partial charge in [-0.1, -0.05) is 11.3 Å². The summed E-state index contributed by atoms with van der Waals surface area (Å²) in [6.07, 6.45) is 3.53. The lowest BCUT2D eigenvalue weighted by molar-refractivity contribution is 0.523. The van der Waals surface area contributed by atoms with Crippen molar-refractivity contribution >= 4 is 23.3 Å². The van der Waals surface area contributed by atoms with E-state index in [0.717, 1.165) is 28.9 Å². The number of fused-ring (bicyclic) bond motifs is 1. The topological polar surface area (TPSA) is 51.4 Å². The summed E-state index contributed by atoms with van der Waals surface area (Å²) in [6, 6.07) is 6.30. The van der Waals surface area contributed by atoms with Crippen LogP contribution in [0.25, 0.3) is 11.0 Å². The van der Waals surface area contributed by atoms with E-state index in [1.807, 2.05) is 6.20 Å². The lowest BCUT2D eigenvalue weighted by Gasteiger charge is -2.04. The van der Waals surface area contributed by atoms with Crippen molar-refractivity contribution in [2.75, 3.05) is 0 Å². The van der Waals surface area contributed by atoms with Gasteiger partial charge < -0.3 is 9.55 Å². The summed E-state index contributed by atoms with van der Waals surface area (Å²) in [5, 5.41) is 7.74. The van der Waals surface area contributed by atoms with Crippen LogP contribution in [-0.4, -0.2) is 24.5 Å². The Balaban J connectivity index is 1.96. The van der Waals surface area contributed by atoms with Crippen LogP contribution in [-0.2, 0) is 13.1 Å². The molecular weight excluding hydrogens is 246 g/mol. The first-order valence-corrected chi connectivity index (χ1v) is 6.18. The maximum absolute atomic E-state index is 5.35. The molecule has 0 saturated heterocycles. The van der Waals surface area contributed by atoms with E-state index in [2.05, 4.69) is 45.0 Å². The summed E-state index contributed by atoms with van der Waals surface area (Å²) in [7, 11) is 0. The molecule has 6 heteroatoms. The first-order valence-electron chi connectivity index (χ1n) is 5.77. The summed E-state index contributed by atoms with van der Waals surface area (Å²) < 4.78 is 4.64. The average molecular weight is 259 g/mol. The van der Waals surface area contributed by atoms with Crippen molar-refractivity contribution in [1.82, 2.24) is 24.5 Å². The Morgan fingerprint density at radius 2 is 2.22 bits per heavy atom. The molecule has 1 N–H and O–H groups in total. The summed E-state index contributed by atoms with van der Waals surface area (Å²) >= 11 is 5.35. The Bertz CT molecular complexity index is 723. The van der Waals surface area contributed by atoms with E-state index in [-0.39, 0.29) is 0 Å². The minimum absolute atomic E-state index is 0.746. The van der Waals surface area contributed by atoms with E-state index in [4.69, 9.17) is 12.2 Å². The Labute approximate surface area is 109 Å². The molecule has 3 aromatic rings. The number of hydrogen-bond acceptors (Lipinski definition) is 3. The molecule has 0 atom stereocenters. The van der Waals surface area contributed by atoms with E-state index >= 15 is 0 Å². The molecule has 5 nitrogen and oxygen atoms in total. The van der Waals surface area contributed by atoms with Gasteiger partial charge in [0.2, 0.25) is 0 Å². The van der Waals surface area contributed by atoms with Gasteiger partial charge in [-0.05, 0) is 36.8 Å². The van der Waals surface area contributed by atoms with E-state index in [1.54, 1.807) is 10.9 Å². The molecular formula is C12H13N5S. The van der Waals surface area contributed by atoms with E-state index in [1.165, 1.54) is 5.56 Å². The fraction of sp³-hybridized carbons (Fsp3) is 0.250. The fourth-order valence-electron chi connectivity index (χ4n) is 2.05. The van der Waals surface area contributed by atoms with Crippen molar-refractivity contribution in [3.8, 4) is 0 Å². The molecule has 0 amide bonds. The molecule has 0 aliphatic rings. The molecule has 3 rings (SSSR count). The highest BCUT2D eigenvalue weighted by Crippen LogP contribution is 2.15. The number of nitrogens with one attached hydrogen (secondary N) is 1. The average Bonchev–Trinajstić information content (AvgIpc) is 2.93. The number of nitrogens with zero attached hydrogens (tertiary/aromatic N) is 4. The van der Waals surface area contributed by atoms with Gasteiger partial charge in [0.15, 0.2) is 4.77 Å². The predicted molar refractivity (Wildman–Crippen MR) is 71.9 cm³/mol. The lowest BCUT2D eigenvalue weighted by atomic mass is 10.2. The van der Waals surface area contributed by atoms with Crippen LogP contribution in [0.15, 0.2) is 30.6 Å². The first-order chi connectivity index (χ1) is 8.74. The second kappa shape index (κ2) is 4.38. The van der Waals surface area contributed by atoms with Crippen LogP contribution in [0, 0.1) is 11.7 Å². The molecule has 2 aromatic heterocycles. The van der Waals surface area contributed by atoms with E-state index in [9.17, 15) is 0 Å². The van der Waals surface area contributed by atoms with E-state index < -0.39 is 0 Å². The van der Waals surface area contributed by atoms with Crippen LogP contribution in [0.2, 0.25) is 0 Å². The van der Waals surface area contributed by atoms with Crippen molar-refractivity contribution in [2.24, 2.45) is 0 Å². The molecule has 0 aliphatic heterocycles. The standard InChI is InChI=1S/C12H13N5S/c1-9-2-3-11-10(8-9)14-12(18)17(11)7-6-16-5-4-13-15-16/h2-5,8H,6-7H2,1H3,(H,14,18). The minimum Gasteiger partial charge on any atom is -0.331 e. The van der Waals surface area contributed by atoms with Gasteiger partial charge in [-0.3, -0.25) is 4.68 Å². The third kappa shape index (κ3) is 1.95. The number of aromatic amines is 1. The zero-order chi connectivity index (χ0) is 12.5. The molecule has 0 bridgehead atoms. The first kappa shape index (κ1) is 11.2. The third-order valence-electron chi connectivity index (χ3n) is 2.95. The maximum atomic E-state index is 5.35. The van der Waals surface area contributed by atoms with Crippen LogP contribution in [0.4, 0.5) is 0 Å². The SMILES string of the molecule is Cc1ccc2c(c1)[nH]c(=S)n2CCn1ccnn1. The molecule has 0 fully saturated rings. The van der Waals surface area contributed by atoms with Gasteiger partial charge in [0.25, 0.3) is 0 Å². The number of imidazole rings is 1. The van der Waals surface area contributed by atoms with Gasteiger partial charge in [0, 0.05) is 12.7 Å². The summed E-state index contributed by atoms with van der Waals surface area (Å²) in [4.78, 5) is 3.23. The Kier molecular flexibility index (Phi) is 2.71. The maximum Gasteiger partial charge on any atom is 0.178 e. The van der Waals surface area contributed by atoms with E-state index in [0.29, 0.717) is 0 Å². The van der Waals surface area contributed by atoms with Gasteiger partial charge in [-0.15, -0.1) is 5.10 Å². The summed E-state index contributed by atoms with van der Waals surface area (Å²) in [6.45, 7) is 3.61. The smallest absolute Gasteiger partial charge is 0.178 e. The van der Waals surface area contributed by atoms with Crippen LogP contribution < -0.4 is 0 Å². The van der Waals surface area contributed by atoms with Gasteiger partial charge in [0.05, 0.1) is 23.8 Å². The molecule has 18 heavy (non-hydrogen) atoms. The van der Waals surface area contributed by atoms with Gasteiger partial charge >= 0.3 is 0 Å². The number of H-pyrrole nitrogens is 1. The molecule has 0 saturated carbocycles. The summed E-state index contributed by atoms with van der Waals surface area (Å²) in [5.41, 5.74) is 3.44. The largest absolute Gasteiger partial charge is 0.331 e. The number of rotatable bonds is 3. The highest BCUT2D eigenvalue weighted by atomic mass is 32.1. The predicted octanol–water partition coefficient (Wildman–Crippen LogP) is 2.30. The Morgan fingerprint density at radius 1 is 1.33 bits per heavy atom. The molecule has 2 heterocycles. The number of aromatic nitrogens is 5. The molecule has 0 radical (unpaired) electrons. The zero-order valence-electron chi connectivity index (χ0n) is 10.00. The summed E-state index contributed by atoms with van der Waals surface area (Å²) in [5.74, 6) is 0. The number of benzene rings is 1. The monoisotopic (exact) mass is 259 g/mol. The third-order valence-corrected chi connectivity index (χ3v) is 3.28. The van der Waals surface area contributed by atoms with Crippen molar-refractivity contribution in [3.63, 3.8) is 0 Å². The lowest BCUT2D eigenvalue weighted by Crippen LogP contribution is -2.08. The highest BCUT2D eigenvalue weighted by Gasteiger charge is 2.04. The zero-order valence-corrected chi connectivity index (χ0v) is 10.8. The fourth-order valence-corrected chi connectivity index (χ4v) is 2.35.